The van der Waals surface area contributed by atoms with Crippen LogP contribution in [0.5, 0.6) is 5.75 Å². The summed E-state index contributed by atoms with van der Waals surface area (Å²) >= 11 is 0. The van der Waals surface area contributed by atoms with E-state index in [0.717, 1.165) is 5.56 Å². The molecule has 0 bridgehead atoms. The number of hydrogen-bond donors (Lipinski definition) is 1. The number of Topliss-reactive ketones (excluding diaryl/α,β-unsaturated/α-hetero) is 1. The van der Waals surface area contributed by atoms with Crippen molar-refractivity contribution in [3.05, 3.63) is 107 Å². The summed E-state index contributed by atoms with van der Waals surface area (Å²) in [5.41, 5.74) is 1.96. The number of ether oxygens (including phenoxy) is 2. The molecule has 174 valence electrons. The van der Waals surface area contributed by atoms with Gasteiger partial charge in [0.1, 0.15) is 23.9 Å². The molecule has 0 aromatic heterocycles. The third-order valence-electron chi connectivity index (χ3n) is 5.64. The topological polar surface area (TPSA) is 76.1 Å². The predicted octanol–water partition coefficient (Wildman–Crippen LogP) is 4.47. The quantitative estimate of drug-likeness (QED) is 0.304. The number of amides is 1. The van der Waals surface area contributed by atoms with Crippen LogP contribution in [0.2, 0.25) is 0 Å². The van der Waals surface area contributed by atoms with Crippen LogP contribution >= 0.6 is 0 Å². The van der Waals surface area contributed by atoms with Crippen LogP contribution in [0.1, 0.15) is 22.7 Å². The minimum atomic E-state index is -0.762. The minimum Gasteiger partial charge on any atom is -0.507 e. The maximum Gasteiger partial charge on any atom is 0.295 e. The number of aliphatic hydroxyl groups is 1. The van der Waals surface area contributed by atoms with Crippen LogP contribution < -0.4 is 4.74 Å². The van der Waals surface area contributed by atoms with E-state index < -0.39 is 17.7 Å². The van der Waals surface area contributed by atoms with Crippen LogP contribution in [0.3, 0.4) is 0 Å². The predicted molar refractivity (Wildman–Crippen MR) is 125 cm³/mol. The van der Waals surface area contributed by atoms with Gasteiger partial charge in [0.15, 0.2) is 0 Å². The summed E-state index contributed by atoms with van der Waals surface area (Å²) < 4.78 is 24.0. The Morgan fingerprint density at radius 1 is 0.971 bits per heavy atom. The van der Waals surface area contributed by atoms with Crippen LogP contribution in [-0.2, 0) is 20.9 Å². The van der Waals surface area contributed by atoms with Gasteiger partial charge in [0.2, 0.25) is 0 Å². The molecule has 7 heteroatoms. The zero-order valence-electron chi connectivity index (χ0n) is 18.6. The maximum absolute atomic E-state index is 13.1. The number of benzene rings is 3. The van der Waals surface area contributed by atoms with E-state index >= 15 is 0 Å². The Labute approximate surface area is 196 Å². The van der Waals surface area contributed by atoms with Gasteiger partial charge in [-0.05, 0) is 35.4 Å². The smallest absolute Gasteiger partial charge is 0.295 e. The van der Waals surface area contributed by atoms with Crippen molar-refractivity contribution < 1.29 is 28.6 Å². The van der Waals surface area contributed by atoms with Crippen molar-refractivity contribution >= 4 is 17.4 Å². The summed E-state index contributed by atoms with van der Waals surface area (Å²) in [7, 11) is 1.52. The molecule has 3 aromatic rings. The first-order valence-electron chi connectivity index (χ1n) is 10.8. The van der Waals surface area contributed by atoms with Gasteiger partial charge < -0.3 is 19.5 Å². The van der Waals surface area contributed by atoms with Crippen LogP contribution in [0.15, 0.2) is 84.4 Å². The SMILES string of the molecule is COCCN1C(=O)C(=O)/C(=C(\O)c2ccccc2)C1c1ccc(OCc2ccc(F)cc2)cc1. The average Bonchev–Trinajstić information content (AvgIpc) is 3.12. The zero-order valence-corrected chi connectivity index (χ0v) is 18.6. The molecular formula is C27H24FNO5. The first-order valence-corrected chi connectivity index (χ1v) is 10.8. The molecule has 1 aliphatic rings. The van der Waals surface area contributed by atoms with Crippen molar-refractivity contribution in [1.82, 2.24) is 4.90 Å². The van der Waals surface area contributed by atoms with Gasteiger partial charge in [0, 0.05) is 19.2 Å². The number of carbonyl (C=O) groups is 2. The van der Waals surface area contributed by atoms with E-state index in [0.29, 0.717) is 16.9 Å². The fourth-order valence-electron chi connectivity index (χ4n) is 3.89. The number of carbonyl (C=O) groups excluding carboxylic acids is 2. The third-order valence-corrected chi connectivity index (χ3v) is 5.64. The molecule has 1 fully saturated rings. The normalized spacial score (nSPS) is 17.2. The van der Waals surface area contributed by atoms with Gasteiger partial charge in [-0.3, -0.25) is 9.59 Å². The van der Waals surface area contributed by atoms with Crippen LogP contribution in [0, 0.1) is 5.82 Å². The lowest BCUT2D eigenvalue weighted by atomic mass is 9.95. The molecule has 1 atom stereocenters. The lowest BCUT2D eigenvalue weighted by Gasteiger charge is -2.25. The molecule has 1 N–H and O–H groups in total. The second-order valence-electron chi connectivity index (χ2n) is 7.84. The van der Waals surface area contributed by atoms with E-state index in [-0.39, 0.29) is 36.9 Å². The highest BCUT2D eigenvalue weighted by molar-refractivity contribution is 6.46. The average molecular weight is 461 g/mol. The van der Waals surface area contributed by atoms with Crippen LogP contribution in [0.25, 0.3) is 5.76 Å². The van der Waals surface area contributed by atoms with Crippen LogP contribution in [0.4, 0.5) is 4.39 Å². The molecule has 1 heterocycles. The second kappa shape index (κ2) is 10.3. The van der Waals surface area contributed by atoms with Gasteiger partial charge >= 0.3 is 0 Å². The Balaban J connectivity index is 1.64. The number of halogens is 1. The molecule has 1 saturated heterocycles. The number of likely N-dealkylation sites (tertiary alicyclic amines) is 1. The monoisotopic (exact) mass is 461 g/mol. The standard InChI is InChI=1S/C27H24FNO5/c1-33-16-15-29-24(23(26(31)27(29)32)25(30)20-5-3-2-4-6-20)19-9-13-22(14-10-19)34-17-18-7-11-21(28)12-8-18/h2-14,24,30H,15-17H2,1H3/b25-23-. The Hall–Kier alpha value is -3.97. The van der Waals surface area contributed by atoms with Crippen molar-refractivity contribution in [2.75, 3.05) is 20.3 Å². The van der Waals surface area contributed by atoms with E-state index in [1.54, 1.807) is 66.7 Å². The third kappa shape index (κ3) is 4.84. The maximum atomic E-state index is 13.1. The van der Waals surface area contributed by atoms with E-state index in [1.165, 1.54) is 24.1 Å². The summed E-state index contributed by atoms with van der Waals surface area (Å²) in [5, 5.41) is 11.0. The van der Waals surface area contributed by atoms with Crippen molar-refractivity contribution in [2.24, 2.45) is 0 Å². The van der Waals surface area contributed by atoms with Gasteiger partial charge in [-0.25, -0.2) is 4.39 Å². The Bertz CT molecular complexity index is 1190. The Kier molecular flexibility index (Phi) is 7.04. The lowest BCUT2D eigenvalue weighted by molar-refractivity contribution is -0.140. The van der Waals surface area contributed by atoms with E-state index in [9.17, 15) is 19.1 Å². The van der Waals surface area contributed by atoms with Crippen LogP contribution in [-0.4, -0.2) is 42.0 Å². The molecule has 3 aromatic carbocycles. The summed E-state index contributed by atoms with van der Waals surface area (Å²) in [6.07, 6.45) is 0. The lowest BCUT2D eigenvalue weighted by Crippen LogP contribution is -2.32. The first-order chi connectivity index (χ1) is 16.5. The number of aliphatic hydroxyl groups excluding tert-OH is 1. The molecule has 1 aliphatic heterocycles. The Morgan fingerprint density at radius 2 is 1.65 bits per heavy atom. The highest BCUT2D eigenvalue weighted by Gasteiger charge is 2.45. The fraction of sp³-hybridized carbons (Fsp3) is 0.185. The molecule has 6 nitrogen and oxygen atoms in total. The molecule has 1 amide bonds. The molecule has 0 aliphatic carbocycles. The Morgan fingerprint density at radius 3 is 2.29 bits per heavy atom. The highest BCUT2D eigenvalue weighted by atomic mass is 19.1. The fourth-order valence-corrected chi connectivity index (χ4v) is 3.89. The molecule has 0 spiro atoms. The molecule has 4 rings (SSSR count). The van der Waals surface area contributed by atoms with Crippen molar-refractivity contribution in [3.63, 3.8) is 0 Å². The summed E-state index contributed by atoms with van der Waals surface area (Å²) in [6, 6.07) is 20.9. The van der Waals surface area contributed by atoms with E-state index in [2.05, 4.69) is 0 Å². The largest absolute Gasteiger partial charge is 0.507 e. The van der Waals surface area contributed by atoms with Gasteiger partial charge in [-0.1, -0.05) is 54.6 Å². The number of nitrogens with zero attached hydrogens (tertiary/aromatic N) is 1. The van der Waals surface area contributed by atoms with Gasteiger partial charge in [0.25, 0.3) is 11.7 Å². The van der Waals surface area contributed by atoms with E-state index in [1.807, 2.05) is 0 Å². The number of rotatable bonds is 8. The summed E-state index contributed by atoms with van der Waals surface area (Å²) in [6.45, 7) is 0.702. The molecule has 0 saturated carbocycles. The first kappa shape index (κ1) is 23.2. The minimum absolute atomic E-state index is 0.0345. The van der Waals surface area contributed by atoms with Crippen molar-refractivity contribution in [1.29, 1.82) is 0 Å². The molecular weight excluding hydrogens is 437 g/mol. The van der Waals surface area contributed by atoms with Gasteiger partial charge in [-0.2, -0.15) is 0 Å². The van der Waals surface area contributed by atoms with Gasteiger partial charge in [0.05, 0.1) is 18.2 Å². The van der Waals surface area contributed by atoms with Crippen molar-refractivity contribution in [2.45, 2.75) is 12.6 Å². The highest BCUT2D eigenvalue weighted by Crippen LogP contribution is 2.39. The number of hydrogen-bond acceptors (Lipinski definition) is 5. The molecule has 0 radical (unpaired) electrons. The van der Waals surface area contributed by atoms with E-state index in [4.69, 9.17) is 9.47 Å². The molecule has 34 heavy (non-hydrogen) atoms. The summed E-state index contributed by atoms with van der Waals surface area (Å²) in [5.74, 6) is -1.38. The zero-order chi connectivity index (χ0) is 24.1. The second-order valence-corrected chi connectivity index (χ2v) is 7.84. The number of ketones is 1. The van der Waals surface area contributed by atoms with Gasteiger partial charge in [-0.15, -0.1) is 0 Å². The molecule has 1 unspecified atom stereocenters. The number of methoxy groups -OCH3 is 1. The summed E-state index contributed by atoms with van der Waals surface area (Å²) in [4.78, 5) is 27.2. The van der Waals surface area contributed by atoms with Crippen molar-refractivity contribution in [3.8, 4) is 5.75 Å².